The van der Waals surface area contributed by atoms with E-state index in [2.05, 4.69) is 30.9 Å². The molecule has 13 heteroatoms. The first-order valence-corrected chi connectivity index (χ1v) is 13.0. The molecule has 0 unspecified atom stereocenters. The average Bonchev–Trinajstić information content (AvgIpc) is 3.59. The fourth-order valence-electron chi connectivity index (χ4n) is 3.82. The van der Waals surface area contributed by atoms with Crippen molar-refractivity contribution in [3.8, 4) is 5.69 Å². The van der Waals surface area contributed by atoms with Crippen LogP contribution in [0.1, 0.15) is 36.9 Å². The van der Waals surface area contributed by atoms with Gasteiger partial charge in [0, 0.05) is 35.0 Å². The first-order chi connectivity index (χ1) is 19.5. The molecule has 0 bridgehead atoms. The Balaban J connectivity index is 1.33. The Morgan fingerprint density at radius 2 is 1.76 bits per heavy atom. The second-order valence-corrected chi connectivity index (χ2v) is 10.0. The molecule has 3 aromatic heterocycles. The van der Waals surface area contributed by atoms with Gasteiger partial charge in [-0.1, -0.05) is 23.5 Å². The summed E-state index contributed by atoms with van der Waals surface area (Å²) >= 11 is 1.13. The van der Waals surface area contributed by atoms with Crippen molar-refractivity contribution in [2.24, 2.45) is 0 Å². The molecule has 2 aromatic carbocycles. The third-order valence-electron chi connectivity index (χ3n) is 5.89. The van der Waals surface area contributed by atoms with Gasteiger partial charge in [0.2, 0.25) is 0 Å². The van der Waals surface area contributed by atoms with E-state index in [9.17, 15) is 22.8 Å². The highest BCUT2D eigenvalue weighted by Crippen LogP contribution is 2.32. The minimum atomic E-state index is -4.66. The van der Waals surface area contributed by atoms with Crippen molar-refractivity contribution in [2.75, 3.05) is 16.0 Å². The zero-order valence-corrected chi connectivity index (χ0v) is 22.5. The quantitative estimate of drug-likeness (QED) is 0.201. The van der Waals surface area contributed by atoms with Gasteiger partial charge in [0.15, 0.2) is 5.13 Å². The Morgan fingerprint density at radius 1 is 0.927 bits per heavy atom. The lowest BCUT2D eigenvalue weighted by Gasteiger charge is -2.14. The number of nitrogens with one attached hydrogen (secondary N) is 3. The molecule has 0 radical (unpaired) electrons. The first-order valence-electron chi connectivity index (χ1n) is 12.2. The molecule has 0 aliphatic heterocycles. The summed E-state index contributed by atoms with van der Waals surface area (Å²) in [7, 11) is 0. The van der Waals surface area contributed by atoms with Gasteiger partial charge in [-0.15, -0.1) is 0 Å². The summed E-state index contributed by atoms with van der Waals surface area (Å²) < 4.78 is 42.3. The van der Waals surface area contributed by atoms with Crippen LogP contribution in [0.3, 0.4) is 0 Å². The van der Waals surface area contributed by atoms with Gasteiger partial charge in [0.25, 0.3) is 11.8 Å². The average molecular weight is 578 g/mol. The molecule has 5 aromatic rings. The monoisotopic (exact) mass is 577 g/mol. The van der Waals surface area contributed by atoms with E-state index in [1.54, 1.807) is 50.5 Å². The lowest BCUT2D eigenvalue weighted by Crippen LogP contribution is -2.16. The molecular weight excluding hydrogens is 555 g/mol. The van der Waals surface area contributed by atoms with Gasteiger partial charge in [-0.25, -0.2) is 15.0 Å². The SMILES string of the molecule is Cc1cn(-c2cc(C(=O)Nc3ccc(C)c(NC(=O)c4cnc(Nc5ccccn5)s4)c3)cc(C(F)(F)F)c2)cn1. The van der Waals surface area contributed by atoms with E-state index >= 15 is 0 Å². The topological polar surface area (TPSA) is 114 Å². The van der Waals surface area contributed by atoms with E-state index in [0.29, 0.717) is 32.8 Å². The third kappa shape index (κ3) is 6.58. The third-order valence-corrected chi connectivity index (χ3v) is 6.80. The minimum absolute atomic E-state index is 0.142. The van der Waals surface area contributed by atoms with Crippen molar-refractivity contribution >= 4 is 45.5 Å². The van der Waals surface area contributed by atoms with Crippen molar-refractivity contribution in [3.63, 3.8) is 0 Å². The Hall–Kier alpha value is -5.04. The van der Waals surface area contributed by atoms with Crippen molar-refractivity contribution in [1.29, 1.82) is 0 Å². The van der Waals surface area contributed by atoms with E-state index in [1.807, 2.05) is 6.07 Å². The highest BCUT2D eigenvalue weighted by molar-refractivity contribution is 7.17. The number of amides is 2. The van der Waals surface area contributed by atoms with Crippen LogP contribution in [-0.2, 0) is 6.18 Å². The maximum atomic E-state index is 13.6. The van der Waals surface area contributed by atoms with Crippen LogP contribution < -0.4 is 16.0 Å². The van der Waals surface area contributed by atoms with Crippen molar-refractivity contribution in [3.05, 3.63) is 107 Å². The minimum Gasteiger partial charge on any atom is -0.322 e. The number of carbonyl (C=O) groups excluding carboxylic acids is 2. The zero-order valence-electron chi connectivity index (χ0n) is 21.7. The molecule has 208 valence electrons. The van der Waals surface area contributed by atoms with E-state index in [-0.39, 0.29) is 16.9 Å². The molecular formula is C28H22F3N7O2S. The first kappa shape index (κ1) is 27.5. The molecule has 0 aliphatic rings. The number of hydrogen-bond donors (Lipinski definition) is 3. The molecule has 0 saturated carbocycles. The summed E-state index contributed by atoms with van der Waals surface area (Å²) in [5.74, 6) is -0.578. The number of aryl methyl sites for hydroxylation is 2. The molecule has 0 spiro atoms. The van der Waals surface area contributed by atoms with Gasteiger partial charge >= 0.3 is 6.18 Å². The molecule has 0 atom stereocenters. The molecule has 3 heterocycles. The van der Waals surface area contributed by atoms with E-state index in [4.69, 9.17) is 0 Å². The summed E-state index contributed by atoms with van der Waals surface area (Å²) in [6.07, 6.45) is 1.34. The van der Waals surface area contributed by atoms with Gasteiger partial charge in [-0.3, -0.25) is 9.59 Å². The van der Waals surface area contributed by atoms with Gasteiger partial charge in [0.1, 0.15) is 10.7 Å². The van der Waals surface area contributed by atoms with Crippen LogP contribution >= 0.6 is 11.3 Å². The number of imidazole rings is 1. The Morgan fingerprint density at radius 3 is 2.46 bits per heavy atom. The number of thiazole rings is 1. The standard InChI is InChI=1S/C28H22F3N7O2S/c1-16-6-7-20(12-22(16)36-26(40)23-13-33-27(41-23)37-24-5-3-4-8-32-24)35-25(39)18-9-19(28(29,30)31)11-21(10-18)38-14-17(2)34-15-38/h3-15H,1-2H3,(H,35,39)(H,36,40)(H,32,33,37). The van der Waals surface area contributed by atoms with Gasteiger partial charge < -0.3 is 20.5 Å². The van der Waals surface area contributed by atoms with Gasteiger partial charge in [-0.2, -0.15) is 13.2 Å². The van der Waals surface area contributed by atoms with Crippen LogP contribution in [0.4, 0.5) is 35.5 Å². The van der Waals surface area contributed by atoms with Crippen LogP contribution in [-0.4, -0.2) is 31.3 Å². The summed E-state index contributed by atoms with van der Waals surface area (Å²) in [6.45, 7) is 3.48. The van der Waals surface area contributed by atoms with Crippen LogP contribution in [0, 0.1) is 13.8 Å². The molecule has 0 aliphatic carbocycles. The van der Waals surface area contributed by atoms with Crippen LogP contribution in [0.5, 0.6) is 0 Å². The number of alkyl halides is 3. The van der Waals surface area contributed by atoms with Crippen LogP contribution in [0.2, 0.25) is 0 Å². The molecule has 41 heavy (non-hydrogen) atoms. The number of benzene rings is 2. The second kappa shape index (κ2) is 11.2. The summed E-state index contributed by atoms with van der Waals surface area (Å²) in [6, 6.07) is 13.3. The Kier molecular flexibility index (Phi) is 7.53. The normalized spacial score (nSPS) is 11.2. The predicted molar refractivity (Wildman–Crippen MR) is 150 cm³/mol. The highest BCUT2D eigenvalue weighted by Gasteiger charge is 2.32. The highest BCUT2D eigenvalue weighted by atomic mass is 32.1. The van der Waals surface area contributed by atoms with Crippen molar-refractivity contribution in [2.45, 2.75) is 20.0 Å². The second-order valence-electron chi connectivity index (χ2n) is 9.00. The van der Waals surface area contributed by atoms with E-state index in [0.717, 1.165) is 23.5 Å². The number of nitrogens with zero attached hydrogens (tertiary/aromatic N) is 4. The predicted octanol–water partition coefficient (Wildman–Crippen LogP) is 6.61. The lowest BCUT2D eigenvalue weighted by atomic mass is 10.1. The number of aromatic nitrogens is 4. The van der Waals surface area contributed by atoms with Gasteiger partial charge in [0.05, 0.1) is 23.8 Å². The number of hydrogen-bond acceptors (Lipinski definition) is 7. The number of carbonyl (C=O) groups is 2. The summed E-state index contributed by atoms with van der Waals surface area (Å²) in [5, 5.41) is 8.93. The fourth-order valence-corrected chi connectivity index (χ4v) is 4.54. The maximum absolute atomic E-state index is 13.6. The number of anilines is 4. The number of rotatable bonds is 7. The molecule has 2 amide bonds. The molecule has 9 nitrogen and oxygen atoms in total. The van der Waals surface area contributed by atoms with Crippen molar-refractivity contribution in [1.82, 2.24) is 19.5 Å². The molecule has 0 saturated heterocycles. The van der Waals surface area contributed by atoms with Crippen molar-refractivity contribution < 1.29 is 22.8 Å². The molecule has 0 fully saturated rings. The van der Waals surface area contributed by atoms with Gasteiger partial charge in [-0.05, 0) is 61.9 Å². The molecule has 3 N–H and O–H groups in total. The fraction of sp³-hybridized carbons (Fsp3) is 0.107. The van der Waals surface area contributed by atoms with E-state index in [1.165, 1.54) is 29.2 Å². The summed E-state index contributed by atoms with van der Waals surface area (Å²) in [4.78, 5) is 38.7. The smallest absolute Gasteiger partial charge is 0.322 e. The zero-order chi connectivity index (χ0) is 29.1. The lowest BCUT2D eigenvalue weighted by molar-refractivity contribution is -0.137. The van der Waals surface area contributed by atoms with Crippen LogP contribution in [0.15, 0.2) is 79.5 Å². The Labute approximate surface area is 236 Å². The van der Waals surface area contributed by atoms with E-state index < -0.39 is 23.6 Å². The maximum Gasteiger partial charge on any atom is 0.416 e. The molecule has 5 rings (SSSR count). The van der Waals surface area contributed by atoms with Crippen LogP contribution in [0.25, 0.3) is 5.69 Å². The summed E-state index contributed by atoms with van der Waals surface area (Å²) in [5.41, 5.74) is 1.01. The Bertz CT molecular complexity index is 1730. The number of halogens is 3. The largest absolute Gasteiger partial charge is 0.416 e. The number of pyridine rings is 1.